The molecule has 0 unspecified atom stereocenters. The van der Waals surface area contributed by atoms with Crippen molar-refractivity contribution < 1.29 is 22.7 Å². The highest BCUT2D eigenvalue weighted by atomic mass is 19.4. The minimum atomic E-state index is -4.76. The van der Waals surface area contributed by atoms with E-state index in [1.165, 1.54) is 30.6 Å². The molecule has 30 heavy (non-hydrogen) atoms. The smallest absolute Gasteiger partial charge is 0.406 e. The lowest BCUT2D eigenvalue weighted by Gasteiger charge is -2.26. The number of nitrogens with zero attached hydrogens (tertiary/aromatic N) is 2. The van der Waals surface area contributed by atoms with Gasteiger partial charge in [0.05, 0.1) is 18.1 Å². The first-order chi connectivity index (χ1) is 14.3. The SMILES string of the molecule is NC1CCC(NC(=O)c2cncc(-c3cc4cc(OC(F)(F)F)ccc4[nH]3)n2)CC1. The number of ether oxygens (including phenoxy) is 1. The largest absolute Gasteiger partial charge is 0.573 e. The van der Waals surface area contributed by atoms with Crippen LogP contribution in [0.2, 0.25) is 0 Å². The molecule has 3 aromatic rings. The Morgan fingerprint density at radius 1 is 1.17 bits per heavy atom. The van der Waals surface area contributed by atoms with E-state index in [0.29, 0.717) is 22.3 Å². The molecule has 0 atom stereocenters. The summed E-state index contributed by atoms with van der Waals surface area (Å²) in [6.45, 7) is 0. The zero-order valence-corrected chi connectivity index (χ0v) is 15.9. The number of nitrogens with two attached hydrogens (primary N) is 1. The van der Waals surface area contributed by atoms with Crippen molar-refractivity contribution in [1.82, 2.24) is 20.3 Å². The Morgan fingerprint density at radius 3 is 2.67 bits per heavy atom. The highest BCUT2D eigenvalue weighted by Crippen LogP contribution is 2.29. The van der Waals surface area contributed by atoms with Gasteiger partial charge in [0.1, 0.15) is 17.1 Å². The van der Waals surface area contributed by atoms with Gasteiger partial charge in [0.15, 0.2) is 0 Å². The second kappa shape index (κ2) is 7.94. The average molecular weight is 419 g/mol. The number of aromatic nitrogens is 3. The predicted molar refractivity (Wildman–Crippen MR) is 104 cm³/mol. The van der Waals surface area contributed by atoms with Crippen molar-refractivity contribution in [3.63, 3.8) is 0 Å². The Bertz CT molecular complexity index is 1060. The van der Waals surface area contributed by atoms with Crippen molar-refractivity contribution in [1.29, 1.82) is 0 Å². The van der Waals surface area contributed by atoms with Crippen LogP contribution in [0, 0.1) is 0 Å². The second-order valence-corrected chi connectivity index (χ2v) is 7.35. The molecule has 1 fully saturated rings. The van der Waals surface area contributed by atoms with Crippen LogP contribution in [0.15, 0.2) is 36.7 Å². The first kappa shape index (κ1) is 20.1. The Hall–Kier alpha value is -3.14. The van der Waals surface area contributed by atoms with E-state index in [-0.39, 0.29) is 29.4 Å². The summed E-state index contributed by atoms with van der Waals surface area (Å²) in [5.74, 6) is -0.631. The minimum absolute atomic E-state index is 0.0582. The highest BCUT2D eigenvalue weighted by molar-refractivity contribution is 5.93. The van der Waals surface area contributed by atoms with Crippen LogP contribution in [0.3, 0.4) is 0 Å². The molecule has 0 saturated heterocycles. The molecular weight excluding hydrogens is 399 g/mol. The molecule has 7 nitrogen and oxygen atoms in total. The number of benzene rings is 1. The van der Waals surface area contributed by atoms with Gasteiger partial charge < -0.3 is 20.8 Å². The lowest BCUT2D eigenvalue weighted by molar-refractivity contribution is -0.274. The van der Waals surface area contributed by atoms with Crippen LogP contribution in [0.5, 0.6) is 5.75 Å². The maximum atomic E-state index is 12.5. The summed E-state index contributed by atoms with van der Waals surface area (Å²) < 4.78 is 41.2. The maximum Gasteiger partial charge on any atom is 0.573 e. The number of amides is 1. The van der Waals surface area contributed by atoms with E-state index < -0.39 is 6.36 Å². The van der Waals surface area contributed by atoms with E-state index in [4.69, 9.17) is 5.73 Å². The standard InChI is InChI=1S/C20H20F3N5O2/c21-20(22,23)30-14-5-6-15-11(7-14)8-16(27-15)17-9-25-10-18(28-17)19(29)26-13-3-1-12(24)2-4-13/h5-10,12-13,27H,1-4,24H2,(H,26,29). The topological polar surface area (TPSA) is 106 Å². The molecule has 1 aliphatic carbocycles. The molecule has 4 N–H and O–H groups in total. The Morgan fingerprint density at radius 2 is 1.93 bits per heavy atom. The van der Waals surface area contributed by atoms with Crippen molar-refractivity contribution in [3.8, 4) is 17.1 Å². The van der Waals surface area contributed by atoms with Crippen LogP contribution >= 0.6 is 0 Å². The van der Waals surface area contributed by atoms with Crippen LogP contribution in [0.25, 0.3) is 22.3 Å². The molecule has 1 aromatic carbocycles. The third-order valence-corrected chi connectivity index (χ3v) is 5.08. The number of carbonyl (C=O) groups is 1. The highest BCUT2D eigenvalue weighted by Gasteiger charge is 2.31. The van der Waals surface area contributed by atoms with Crippen molar-refractivity contribution >= 4 is 16.8 Å². The molecular formula is C20H20F3N5O2. The van der Waals surface area contributed by atoms with Crippen LogP contribution in [-0.2, 0) is 0 Å². The molecule has 4 rings (SSSR count). The molecule has 0 aliphatic heterocycles. The van der Waals surface area contributed by atoms with Gasteiger partial charge in [-0.1, -0.05) is 0 Å². The average Bonchev–Trinajstić information content (AvgIpc) is 3.12. The van der Waals surface area contributed by atoms with E-state index in [9.17, 15) is 18.0 Å². The fraction of sp³-hybridized carbons (Fsp3) is 0.350. The summed E-state index contributed by atoms with van der Waals surface area (Å²) in [5, 5.41) is 3.48. The zero-order chi connectivity index (χ0) is 21.3. The Kier molecular flexibility index (Phi) is 5.33. The number of hydrogen-bond acceptors (Lipinski definition) is 5. The predicted octanol–water partition coefficient (Wildman–Crippen LogP) is 3.52. The summed E-state index contributed by atoms with van der Waals surface area (Å²) in [5.41, 5.74) is 7.60. The molecule has 2 heterocycles. The first-order valence-corrected chi connectivity index (χ1v) is 9.54. The van der Waals surface area contributed by atoms with Gasteiger partial charge in [0, 0.05) is 23.0 Å². The third kappa shape index (κ3) is 4.70. The summed E-state index contributed by atoms with van der Waals surface area (Å²) in [6, 6.07) is 5.86. The summed E-state index contributed by atoms with van der Waals surface area (Å²) in [4.78, 5) is 24.1. The van der Waals surface area contributed by atoms with Crippen molar-refractivity contribution in [2.45, 2.75) is 44.1 Å². The van der Waals surface area contributed by atoms with Crippen LogP contribution in [-0.4, -0.2) is 39.3 Å². The van der Waals surface area contributed by atoms with E-state index in [1.807, 2.05) is 0 Å². The van der Waals surface area contributed by atoms with Crippen LogP contribution in [0.4, 0.5) is 13.2 Å². The maximum absolute atomic E-state index is 12.5. The number of halogens is 3. The normalized spacial score (nSPS) is 19.6. The second-order valence-electron chi connectivity index (χ2n) is 7.35. The first-order valence-electron chi connectivity index (χ1n) is 9.54. The lowest BCUT2D eigenvalue weighted by atomic mass is 9.92. The number of H-pyrrole nitrogens is 1. The quantitative estimate of drug-likeness (QED) is 0.600. The van der Waals surface area contributed by atoms with E-state index in [2.05, 4.69) is 25.0 Å². The third-order valence-electron chi connectivity index (χ3n) is 5.08. The number of fused-ring (bicyclic) bond motifs is 1. The molecule has 0 bridgehead atoms. The van der Waals surface area contributed by atoms with E-state index >= 15 is 0 Å². The van der Waals surface area contributed by atoms with Crippen LogP contribution < -0.4 is 15.8 Å². The zero-order valence-electron chi connectivity index (χ0n) is 15.9. The number of carbonyl (C=O) groups excluding carboxylic acids is 1. The number of nitrogens with one attached hydrogen (secondary N) is 2. The van der Waals surface area contributed by atoms with Gasteiger partial charge in [-0.15, -0.1) is 13.2 Å². The molecule has 1 amide bonds. The summed E-state index contributed by atoms with van der Waals surface area (Å²) in [6.07, 6.45) is 1.48. The van der Waals surface area contributed by atoms with E-state index in [0.717, 1.165) is 25.7 Å². The fourth-order valence-electron chi connectivity index (χ4n) is 3.57. The van der Waals surface area contributed by atoms with Gasteiger partial charge in [0.25, 0.3) is 5.91 Å². The molecule has 158 valence electrons. The van der Waals surface area contributed by atoms with E-state index in [1.54, 1.807) is 6.07 Å². The number of rotatable bonds is 4. The van der Waals surface area contributed by atoms with Gasteiger partial charge in [-0.3, -0.25) is 9.78 Å². The molecule has 1 aliphatic rings. The monoisotopic (exact) mass is 419 g/mol. The van der Waals surface area contributed by atoms with Gasteiger partial charge >= 0.3 is 6.36 Å². The van der Waals surface area contributed by atoms with Gasteiger partial charge in [0.2, 0.25) is 0 Å². The molecule has 2 aromatic heterocycles. The van der Waals surface area contributed by atoms with Gasteiger partial charge in [-0.2, -0.15) is 0 Å². The van der Waals surface area contributed by atoms with Crippen LogP contribution in [0.1, 0.15) is 36.2 Å². The lowest BCUT2D eigenvalue weighted by Crippen LogP contribution is -2.40. The molecule has 0 radical (unpaired) electrons. The summed E-state index contributed by atoms with van der Waals surface area (Å²) >= 11 is 0. The van der Waals surface area contributed by atoms with Gasteiger partial charge in [-0.05, 0) is 49.9 Å². The number of alkyl halides is 3. The number of aromatic amines is 1. The van der Waals surface area contributed by atoms with Gasteiger partial charge in [-0.25, -0.2) is 4.98 Å². The Balaban J connectivity index is 1.53. The number of hydrogen-bond donors (Lipinski definition) is 3. The molecule has 1 saturated carbocycles. The van der Waals surface area contributed by atoms with Crippen molar-refractivity contribution in [2.75, 3.05) is 0 Å². The molecule has 10 heteroatoms. The Labute approximate surface area is 169 Å². The molecule has 0 spiro atoms. The fourth-order valence-corrected chi connectivity index (χ4v) is 3.57. The van der Waals surface area contributed by atoms with Crippen molar-refractivity contribution in [2.24, 2.45) is 5.73 Å². The summed E-state index contributed by atoms with van der Waals surface area (Å²) in [7, 11) is 0. The van der Waals surface area contributed by atoms with Crippen molar-refractivity contribution in [3.05, 3.63) is 42.4 Å². The minimum Gasteiger partial charge on any atom is -0.406 e.